The second-order valence-corrected chi connectivity index (χ2v) is 16.0. The highest BCUT2D eigenvalue weighted by molar-refractivity contribution is 5.70. The SMILES string of the molecule is CCCC/C=C\CCCCCCCC(=O)OCC(COCCCCCCCC/C=C\CCCCCCCC)OC(=O)CCCCCCCCCCCCC. The van der Waals surface area contributed by atoms with Crippen LogP contribution in [0.25, 0.3) is 0 Å². The van der Waals surface area contributed by atoms with Crippen molar-refractivity contribution in [3.8, 4) is 0 Å². The summed E-state index contributed by atoms with van der Waals surface area (Å²) in [5.74, 6) is -0.401. The first-order chi connectivity index (χ1) is 26.6. The number of hydrogen-bond donors (Lipinski definition) is 0. The van der Waals surface area contributed by atoms with Crippen LogP contribution < -0.4 is 0 Å². The third-order valence-corrected chi connectivity index (χ3v) is 10.5. The molecular weight excluding hydrogens is 669 g/mol. The Bertz CT molecular complexity index is 821. The summed E-state index contributed by atoms with van der Waals surface area (Å²) in [5, 5.41) is 0. The van der Waals surface area contributed by atoms with Crippen LogP contribution in [0.15, 0.2) is 24.3 Å². The highest BCUT2D eigenvalue weighted by atomic mass is 16.6. The number of ether oxygens (including phenoxy) is 3. The Morgan fingerprint density at radius 3 is 1.19 bits per heavy atom. The predicted molar refractivity (Wildman–Crippen MR) is 233 cm³/mol. The summed E-state index contributed by atoms with van der Waals surface area (Å²) in [6.07, 6.45) is 51.7. The number of esters is 2. The lowest BCUT2D eigenvalue weighted by molar-refractivity contribution is -0.163. The van der Waals surface area contributed by atoms with Crippen molar-refractivity contribution in [1.29, 1.82) is 0 Å². The van der Waals surface area contributed by atoms with E-state index in [1.807, 2.05) is 0 Å². The molecule has 0 rings (SSSR count). The van der Waals surface area contributed by atoms with E-state index in [0.29, 0.717) is 19.4 Å². The van der Waals surface area contributed by atoms with E-state index in [4.69, 9.17) is 14.2 Å². The van der Waals surface area contributed by atoms with Gasteiger partial charge in [0.2, 0.25) is 0 Å². The van der Waals surface area contributed by atoms with Gasteiger partial charge in [-0.05, 0) is 64.2 Å². The van der Waals surface area contributed by atoms with E-state index in [-0.39, 0.29) is 25.2 Å². The Morgan fingerprint density at radius 2 is 0.741 bits per heavy atom. The lowest BCUT2D eigenvalue weighted by Crippen LogP contribution is -2.30. The van der Waals surface area contributed by atoms with Crippen LogP contribution in [0.4, 0.5) is 0 Å². The molecule has 1 atom stereocenters. The van der Waals surface area contributed by atoms with Crippen molar-refractivity contribution in [1.82, 2.24) is 0 Å². The molecule has 0 radical (unpaired) electrons. The van der Waals surface area contributed by atoms with E-state index in [9.17, 15) is 9.59 Å². The summed E-state index contributed by atoms with van der Waals surface area (Å²) in [6.45, 7) is 7.79. The molecule has 5 nitrogen and oxygen atoms in total. The Labute approximate surface area is 337 Å². The third kappa shape index (κ3) is 43.1. The van der Waals surface area contributed by atoms with Gasteiger partial charge in [-0.3, -0.25) is 9.59 Å². The van der Waals surface area contributed by atoms with Gasteiger partial charge in [0.15, 0.2) is 6.10 Å². The molecule has 0 amide bonds. The Hall–Kier alpha value is -1.62. The second kappa shape index (κ2) is 45.8. The zero-order chi connectivity index (χ0) is 39.3. The monoisotopic (exact) mass is 761 g/mol. The third-order valence-electron chi connectivity index (χ3n) is 10.5. The standard InChI is InChI=1S/C49H92O5/c1-4-7-10-13-16-19-22-23-24-25-26-29-32-35-38-41-44-52-45-47(54-49(51)43-40-37-34-31-28-21-18-15-12-9-6-3)46-53-48(50)42-39-36-33-30-27-20-17-14-11-8-5-2/h14,17,23-24,47H,4-13,15-16,18-22,25-46H2,1-3H3/b17-14-,24-23-. The molecule has 0 aromatic carbocycles. The van der Waals surface area contributed by atoms with Gasteiger partial charge < -0.3 is 14.2 Å². The van der Waals surface area contributed by atoms with Crippen molar-refractivity contribution >= 4 is 11.9 Å². The fourth-order valence-corrected chi connectivity index (χ4v) is 6.84. The molecule has 0 saturated carbocycles. The average molecular weight is 761 g/mol. The first kappa shape index (κ1) is 52.4. The molecule has 0 saturated heterocycles. The molecule has 0 aliphatic heterocycles. The Morgan fingerprint density at radius 1 is 0.389 bits per heavy atom. The molecule has 1 unspecified atom stereocenters. The summed E-state index contributed by atoms with van der Waals surface area (Å²) in [5.41, 5.74) is 0. The van der Waals surface area contributed by atoms with Crippen molar-refractivity contribution in [2.75, 3.05) is 19.8 Å². The number of hydrogen-bond acceptors (Lipinski definition) is 5. The van der Waals surface area contributed by atoms with Gasteiger partial charge in [0, 0.05) is 19.4 Å². The largest absolute Gasteiger partial charge is 0.462 e. The number of carbonyl (C=O) groups excluding carboxylic acids is 2. The van der Waals surface area contributed by atoms with Gasteiger partial charge in [-0.2, -0.15) is 0 Å². The van der Waals surface area contributed by atoms with E-state index in [1.54, 1.807) is 0 Å². The lowest BCUT2D eigenvalue weighted by Gasteiger charge is -2.18. The number of allylic oxidation sites excluding steroid dienone is 4. The highest BCUT2D eigenvalue weighted by Gasteiger charge is 2.17. The summed E-state index contributed by atoms with van der Waals surface area (Å²) in [6, 6.07) is 0. The van der Waals surface area contributed by atoms with Crippen molar-refractivity contribution in [2.45, 2.75) is 258 Å². The van der Waals surface area contributed by atoms with Crippen molar-refractivity contribution in [3.63, 3.8) is 0 Å². The van der Waals surface area contributed by atoms with Crippen LogP contribution in [-0.4, -0.2) is 37.9 Å². The van der Waals surface area contributed by atoms with Gasteiger partial charge in [0.05, 0.1) is 6.61 Å². The van der Waals surface area contributed by atoms with Crippen LogP contribution in [0.2, 0.25) is 0 Å². The molecular formula is C49H92O5. The Kier molecular flexibility index (Phi) is 44.4. The normalized spacial score (nSPS) is 12.3. The number of unbranched alkanes of at least 4 members (excludes halogenated alkanes) is 29. The van der Waals surface area contributed by atoms with Crippen molar-refractivity contribution < 1.29 is 23.8 Å². The van der Waals surface area contributed by atoms with Gasteiger partial charge in [-0.1, -0.05) is 199 Å². The minimum Gasteiger partial charge on any atom is -0.462 e. The van der Waals surface area contributed by atoms with Gasteiger partial charge >= 0.3 is 11.9 Å². The summed E-state index contributed by atoms with van der Waals surface area (Å²) >= 11 is 0. The molecule has 0 N–H and O–H groups in total. The van der Waals surface area contributed by atoms with E-state index in [2.05, 4.69) is 45.1 Å². The van der Waals surface area contributed by atoms with E-state index < -0.39 is 6.10 Å². The number of rotatable bonds is 44. The average Bonchev–Trinajstić information content (AvgIpc) is 3.17. The maximum absolute atomic E-state index is 12.7. The zero-order valence-electron chi connectivity index (χ0n) is 36.5. The van der Waals surface area contributed by atoms with Crippen LogP contribution in [0.3, 0.4) is 0 Å². The molecule has 0 aliphatic carbocycles. The van der Waals surface area contributed by atoms with Gasteiger partial charge in [-0.25, -0.2) is 0 Å². The van der Waals surface area contributed by atoms with Gasteiger partial charge in [0.1, 0.15) is 6.61 Å². The van der Waals surface area contributed by atoms with Crippen molar-refractivity contribution in [3.05, 3.63) is 24.3 Å². The topological polar surface area (TPSA) is 61.8 Å². The van der Waals surface area contributed by atoms with Crippen LogP contribution in [0, 0.1) is 0 Å². The summed E-state index contributed by atoms with van der Waals surface area (Å²) in [7, 11) is 0. The lowest BCUT2D eigenvalue weighted by atomic mass is 10.1. The molecule has 0 aromatic rings. The minimum absolute atomic E-state index is 0.0839. The Balaban J connectivity index is 4.22. The summed E-state index contributed by atoms with van der Waals surface area (Å²) in [4.78, 5) is 25.2. The molecule has 318 valence electrons. The van der Waals surface area contributed by atoms with Gasteiger partial charge in [0.25, 0.3) is 0 Å². The van der Waals surface area contributed by atoms with E-state index in [0.717, 1.165) is 51.4 Å². The van der Waals surface area contributed by atoms with Gasteiger partial charge in [-0.15, -0.1) is 0 Å². The van der Waals surface area contributed by atoms with E-state index in [1.165, 1.54) is 167 Å². The minimum atomic E-state index is -0.534. The van der Waals surface area contributed by atoms with E-state index >= 15 is 0 Å². The molecule has 5 heteroatoms. The van der Waals surface area contributed by atoms with Crippen molar-refractivity contribution in [2.24, 2.45) is 0 Å². The molecule has 0 aliphatic rings. The fraction of sp³-hybridized carbons (Fsp3) is 0.878. The second-order valence-electron chi connectivity index (χ2n) is 16.0. The molecule has 54 heavy (non-hydrogen) atoms. The molecule has 0 fully saturated rings. The smallest absolute Gasteiger partial charge is 0.306 e. The van der Waals surface area contributed by atoms with Crippen LogP contribution in [0.1, 0.15) is 252 Å². The molecule has 0 bridgehead atoms. The van der Waals surface area contributed by atoms with Crippen LogP contribution in [0.5, 0.6) is 0 Å². The fourth-order valence-electron chi connectivity index (χ4n) is 6.84. The van der Waals surface area contributed by atoms with Crippen LogP contribution >= 0.6 is 0 Å². The summed E-state index contributed by atoms with van der Waals surface area (Å²) < 4.78 is 17.3. The predicted octanol–water partition coefficient (Wildman–Crippen LogP) is 15.7. The zero-order valence-corrected chi connectivity index (χ0v) is 36.5. The molecule has 0 spiro atoms. The quantitative estimate of drug-likeness (QED) is 0.0352. The highest BCUT2D eigenvalue weighted by Crippen LogP contribution is 2.14. The molecule has 0 aromatic heterocycles. The maximum atomic E-state index is 12.7. The first-order valence-electron chi connectivity index (χ1n) is 23.9. The first-order valence-corrected chi connectivity index (χ1v) is 23.9. The number of carbonyl (C=O) groups is 2. The molecule has 0 heterocycles. The van der Waals surface area contributed by atoms with Crippen LogP contribution in [-0.2, 0) is 23.8 Å². The maximum Gasteiger partial charge on any atom is 0.306 e.